The van der Waals surface area contributed by atoms with Crippen molar-refractivity contribution >= 4 is 0 Å². The summed E-state index contributed by atoms with van der Waals surface area (Å²) in [6.45, 7) is 0. The van der Waals surface area contributed by atoms with Crippen LogP contribution in [0, 0.1) is 40.3 Å². The molecular weight excluding hydrogens is 169 g/mol. The van der Waals surface area contributed by atoms with Gasteiger partial charge in [-0.2, -0.15) is 10.5 Å². The Kier molecular flexibility index (Phi) is 2.58. The van der Waals surface area contributed by atoms with Gasteiger partial charge in [0.05, 0.1) is 0 Å². The van der Waals surface area contributed by atoms with E-state index < -0.39 is 5.82 Å². The minimum absolute atomic E-state index is 0.275. The van der Waals surface area contributed by atoms with E-state index in [0.29, 0.717) is 0 Å². The number of halogens is 1. The Balaban J connectivity index is 3.13. The molecule has 0 aromatic carbocycles. The van der Waals surface area contributed by atoms with Gasteiger partial charge in [0.1, 0.15) is 6.07 Å². The molecule has 0 unspecified atom stereocenters. The number of hydrogen-bond acceptors (Lipinski definition) is 3. The Bertz CT molecular complexity index is 468. The highest BCUT2D eigenvalue weighted by molar-refractivity contribution is 5.38. The van der Waals surface area contributed by atoms with Gasteiger partial charge >= 0.3 is 0 Å². The van der Waals surface area contributed by atoms with Crippen LogP contribution in [0.2, 0.25) is 0 Å². The molecule has 0 bridgehead atoms. The number of pyridine rings is 1. The van der Waals surface area contributed by atoms with E-state index in [-0.39, 0.29) is 11.3 Å². The molecule has 0 amide bonds. The second kappa shape index (κ2) is 3.85. The van der Waals surface area contributed by atoms with Gasteiger partial charge < -0.3 is 0 Å². The summed E-state index contributed by atoms with van der Waals surface area (Å²) in [5, 5.41) is 16.5. The number of nitriles is 2. The lowest BCUT2D eigenvalue weighted by atomic mass is 10.2. The summed E-state index contributed by atoms with van der Waals surface area (Å²) in [5.74, 6) is 3.73. The first-order valence-corrected chi connectivity index (χ1v) is 3.23. The van der Waals surface area contributed by atoms with Gasteiger partial charge in [-0.15, -0.1) is 0 Å². The molecule has 0 aliphatic carbocycles. The third-order valence-electron chi connectivity index (χ3n) is 1.21. The van der Waals surface area contributed by atoms with Crippen LogP contribution in [0.1, 0.15) is 11.3 Å². The van der Waals surface area contributed by atoms with E-state index in [0.717, 1.165) is 6.07 Å². The van der Waals surface area contributed by atoms with Crippen LogP contribution < -0.4 is 0 Å². The predicted molar refractivity (Wildman–Crippen MR) is 41.4 cm³/mol. The average molecular weight is 171 g/mol. The SMILES string of the molecule is N#CC#Cc1cnc(C#N)c(F)c1. The van der Waals surface area contributed by atoms with Crippen molar-refractivity contribution in [1.82, 2.24) is 4.98 Å². The first-order chi connectivity index (χ1) is 6.27. The first-order valence-electron chi connectivity index (χ1n) is 3.23. The Hall–Kier alpha value is -2.38. The molecular formula is C9H2FN3. The fraction of sp³-hybridized carbons (Fsp3) is 0. The number of hydrogen-bond donors (Lipinski definition) is 0. The maximum Gasteiger partial charge on any atom is 0.176 e. The molecule has 0 atom stereocenters. The summed E-state index contributed by atoms with van der Waals surface area (Å²) in [7, 11) is 0. The topological polar surface area (TPSA) is 60.5 Å². The second-order valence-corrected chi connectivity index (χ2v) is 2.03. The van der Waals surface area contributed by atoms with Gasteiger partial charge in [-0.1, -0.05) is 0 Å². The monoisotopic (exact) mass is 171 g/mol. The molecule has 0 aliphatic rings. The Labute approximate surface area is 74.1 Å². The molecule has 0 fully saturated rings. The van der Waals surface area contributed by atoms with Crippen molar-refractivity contribution in [2.24, 2.45) is 0 Å². The van der Waals surface area contributed by atoms with Crippen LogP contribution >= 0.6 is 0 Å². The van der Waals surface area contributed by atoms with Crippen molar-refractivity contribution in [3.05, 3.63) is 29.3 Å². The normalized spacial score (nSPS) is 7.62. The molecule has 1 aromatic heterocycles. The third kappa shape index (κ3) is 2.02. The lowest BCUT2D eigenvalue weighted by Crippen LogP contribution is -1.89. The second-order valence-electron chi connectivity index (χ2n) is 2.03. The van der Waals surface area contributed by atoms with E-state index in [1.807, 2.05) is 0 Å². The fourth-order valence-corrected chi connectivity index (χ4v) is 0.689. The predicted octanol–water partition coefficient (Wildman–Crippen LogP) is 0.967. The van der Waals surface area contributed by atoms with E-state index in [4.69, 9.17) is 10.5 Å². The van der Waals surface area contributed by atoms with Crippen LogP contribution in [0.5, 0.6) is 0 Å². The molecule has 1 aromatic rings. The molecule has 0 radical (unpaired) electrons. The zero-order chi connectivity index (χ0) is 9.68. The van der Waals surface area contributed by atoms with E-state index in [9.17, 15) is 4.39 Å². The van der Waals surface area contributed by atoms with Crippen LogP contribution in [0.15, 0.2) is 12.3 Å². The summed E-state index contributed by atoms with van der Waals surface area (Å²) in [6.07, 6.45) is 1.24. The van der Waals surface area contributed by atoms with Crippen molar-refractivity contribution in [3.8, 4) is 24.0 Å². The first kappa shape index (κ1) is 8.71. The van der Waals surface area contributed by atoms with E-state index in [2.05, 4.69) is 16.8 Å². The Morgan fingerprint density at radius 2 is 2.15 bits per heavy atom. The lowest BCUT2D eigenvalue weighted by Gasteiger charge is -1.91. The number of aromatic nitrogens is 1. The smallest absolute Gasteiger partial charge is 0.176 e. The largest absolute Gasteiger partial charge is 0.241 e. The molecule has 1 rings (SSSR count). The summed E-state index contributed by atoms with van der Waals surface area (Å²) < 4.78 is 12.8. The molecule has 0 saturated carbocycles. The molecule has 0 aliphatic heterocycles. The Morgan fingerprint density at radius 1 is 1.38 bits per heavy atom. The van der Waals surface area contributed by atoms with Crippen LogP contribution in [0.25, 0.3) is 0 Å². The average Bonchev–Trinajstić information content (AvgIpc) is 2.15. The van der Waals surface area contributed by atoms with Crippen LogP contribution in [0.3, 0.4) is 0 Å². The van der Waals surface area contributed by atoms with Gasteiger partial charge in [-0.05, 0) is 12.0 Å². The van der Waals surface area contributed by atoms with Gasteiger partial charge in [-0.25, -0.2) is 9.37 Å². The molecule has 0 N–H and O–H groups in total. The molecule has 60 valence electrons. The van der Waals surface area contributed by atoms with Gasteiger partial charge in [0.2, 0.25) is 0 Å². The van der Waals surface area contributed by atoms with Crippen molar-refractivity contribution < 1.29 is 4.39 Å². The standard InChI is InChI=1S/C9H2FN3/c10-8-4-7(2-1-3-11)6-13-9(8)5-12/h4,6H. The fourth-order valence-electron chi connectivity index (χ4n) is 0.689. The summed E-state index contributed by atoms with van der Waals surface area (Å²) in [6, 6.07) is 4.23. The number of nitrogens with zero attached hydrogens (tertiary/aromatic N) is 3. The van der Waals surface area contributed by atoms with Crippen LogP contribution in [0.4, 0.5) is 4.39 Å². The molecule has 0 saturated heterocycles. The molecule has 13 heavy (non-hydrogen) atoms. The molecule has 1 heterocycles. The quantitative estimate of drug-likeness (QED) is 0.546. The van der Waals surface area contributed by atoms with Gasteiger partial charge in [0, 0.05) is 17.7 Å². The molecule has 0 spiro atoms. The highest BCUT2D eigenvalue weighted by atomic mass is 19.1. The third-order valence-corrected chi connectivity index (χ3v) is 1.21. The maximum atomic E-state index is 12.8. The minimum atomic E-state index is -0.729. The zero-order valence-corrected chi connectivity index (χ0v) is 6.37. The zero-order valence-electron chi connectivity index (χ0n) is 6.37. The van der Waals surface area contributed by atoms with E-state index >= 15 is 0 Å². The summed E-state index contributed by atoms with van der Waals surface area (Å²) in [5.41, 5.74) is 0.000516. The molecule has 3 nitrogen and oxygen atoms in total. The highest BCUT2D eigenvalue weighted by Gasteiger charge is 2.01. The van der Waals surface area contributed by atoms with Crippen molar-refractivity contribution in [2.75, 3.05) is 0 Å². The van der Waals surface area contributed by atoms with E-state index in [1.54, 1.807) is 12.1 Å². The van der Waals surface area contributed by atoms with Crippen molar-refractivity contribution in [1.29, 1.82) is 10.5 Å². The van der Waals surface area contributed by atoms with Crippen LogP contribution in [-0.4, -0.2) is 4.98 Å². The molecule has 4 heteroatoms. The number of rotatable bonds is 0. The van der Waals surface area contributed by atoms with Gasteiger partial charge in [-0.3, -0.25) is 0 Å². The summed E-state index contributed by atoms with van der Waals surface area (Å²) >= 11 is 0. The van der Waals surface area contributed by atoms with Gasteiger partial charge in [0.25, 0.3) is 0 Å². The van der Waals surface area contributed by atoms with Crippen molar-refractivity contribution in [2.45, 2.75) is 0 Å². The lowest BCUT2D eigenvalue weighted by molar-refractivity contribution is 0.616. The maximum absolute atomic E-state index is 12.8. The summed E-state index contributed by atoms with van der Waals surface area (Å²) in [4.78, 5) is 3.50. The van der Waals surface area contributed by atoms with Crippen molar-refractivity contribution in [3.63, 3.8) is 0 Å². The van der Waals surface area contributed by atoms with Crippen LogP contribution in [-0.2, 0) is 0 Å². The minimum Gasteiger partial charge on any atom is -0.241 e. The van der Waals surface area contributed by atoms with Gasteiger partial charge in [0.15, 0.2) is 17.6 Å². The highest BCUT2D eigenvalue weighted by Crippen LogP contribution is 2.04. The Morgan fingerprint density at radius 3 is 2.69 bits per heavy atom. The van der Waals surface area contributed by atoms with E-state index in [1.165, 1.54) is 6.20 Å².